The SMILES string of the molecule is Cc1ccc(C(=O)Nc2c(C)nc(N3CCN(C)CC3)nc2C)cc1. The smallest absolute Gasteiger partial charge is 0.255 e. The lowest BCUT2D eigenvalue weighted by atomic mass is 10.1. The topological polar surface area (TPSA) is 61.4 Å². The summed E-state index contributed by atoms with van der Waals surface area (Å²) in [6, 6.07) is 7.52. The van der Waals surface area contributed by atoms with E-state index in [0.717, 1.165) is 49.1 Å². The lowest BCUT2D eigenvalue weighted by Gasteiger charge is -2.32. The molecule has 6 nitrogen and oxygen atoms in total. The number of hydrogen-bond donors (Lipinski definition) is 1. The molecule has 0 radical (unpaired) electrons. The molecule has 0 aliphatic carbocycles. The predicted octanol–water partition coefficient (Wildman–Crippen LogP) is 2.41. The second-order valence-corrected chi connectivity index (χ2v) is 6.68. The molecule has 3 rings (SSSR count). The molecule has 132 valence electrons. The largest absolute Gasteiger partial charge is 0.338 e. The highest BCUT2D eigenvalue weighted by molar-refractivity contribution is 6.04. The number of piperazine rings is 1. The van der Waals surface area contributed by atoms with E-state index < -0.39 is 0 Å². The summed E-state index contributed by atoms with van der Waals surface area (Å²) < 4.78 is 0. The van der Waals surface area contributed by atoms with Crippen LogP contribution in [-0.4, -0.2) is 54.0 Å². The molecule has 1 aliphatic heterocycles. The van der Waals surface area contributed by atoms with Gasteiger partial charge in [0.25, 0.3) is 5.91 Å². The number of rotatable bonds is 3. The molecular weight excluding hydrogens is 314 g/mol. The van der Waals surface area contributed by atoms with Gasteiger partial charge in [-0.25, -0.2) is 9.97 Å². The van der Waals surface area contributed by atoms with Crippen LogP contribution in [0.1, 0.15) is 27.3 Å². The molecular formula is C19H25N5O. The van der Waals surface area contributed by atoms with E-state index in [1.807, 2.05) is 45.0 Å². The van der Waals surface area contributed by atoms with Crippen molar-refractivity contribution in [2.45, 2.75) is 20.8 Å². The van der Waals surface area contributed by atoms with E-state index in [-0.39, 0.29) is 5.91 Å². The van der Waals surface area contributed by atoms with Crippen molar-refractivity contribution < 1.29 is 4.79 Å². The van der Waals surface area contributed by atoms with Gasteiger partial charge in [-0.05, 0) is 40.0 Å². The van der Waals surface area contributed by atoms with E-state index in [1.165, 1.54) is 0 Å². The maximum atomic E-state index is 12.5. The number of hydrogen-bond acceptors (Lipinski definition) is 5. The maximum absolute atomic E-state index is 12.5. The fraction of sp³-hybridized carbons (Fsp3) is 0.421. The number of aryl methyl sites for hydroxylation is 3. The van der Waals surface area contributed by atoms with E-state index in [9.17, 15) is 4.79 Å². The van der Waals surface area contributed by atoms with Gasteiger partial charge >= 0.3 is 0 Å². The molecule has 1 aliphatic rings. The van der Waals surface area contributed by atoms with Crippen LogP contribution in [0.3, 0.4) is 0 Å². The summed E-state index contributed by atoms with van der Waals surface area (Å²) in [5.74, 6) is 0.610. The van der Waals surface area contributed by atoms with Crippen LogP contribution in [0.4, 0.5) is 11.6 Å². The van der Waals surface area contributed by atoms with Crippen LogP contribution in [0.25, 0.3) is 0 Å². The first-order valence-corrected chi connectivity index (χ1v) is 8.61. The quantitative estimate of drug-likeness (QED) is 0.930. The molecule has 2 aromatic rings. The summed E-state index contributed by atoms with van der Waals surface area (Å²) in [5.41, 5.74) is 4.04. The predicted molar refractivity (Wildman–Crippen MR) is 100 cm³/mol. The van der Waals surface area contributed by atoms with Crippen LogP contribution >= 0.6 is 0 Å². The average molecular weight is 339 g/mol. The fourth-order valence-corrected chi connectivity index (χ4v) is 2.92. The molecule has 0 atom stereocenters. The van der Waals surface area contributed by atoms with Crippen molar-refractivity contribution in [2.75, 3.05) is 43.4 Å². The standard InChI is InChI=1S/C19H25N5O/c1-13-5-7-16(8-6-13)18(25)22-17-14(2)20-19(21-15(17)3)24-11-9-23(4)10-12-24/h5-8H,9-12H2,1-4H3,(H,22,25). The van der Waals surface area contributed by atoms with Crippen molar-refractivity contribution in [3.8, 4) is 0 Å². The molecule has 1 aromatic carbocycles. The van der Waals surface area contributed by atoms with Crippen LogP contribution in [0.2, 0.25) is 0 Å². The Kier molecular flexibility index (Phi) is 4.99. The van der Waals surface area contributed by atoms with E-state index in [4.69, 9.17) is 0 Å². The number of nitrogens with one attached hydrogen (secondary N) is 1. The molecule has 1 N–H and O–H groups in total. The van der Waals surface area contributed by atoms with Crippen molar-refractivity contribution in [1.82, 2.24) is 14.9 Å². The highest BCUT2D eigenvalue weighted by Crippen LogP contribution is 2.22. The molecule has 0 saturated carbocycles. The first-order valence-electron chi connectivity index (χ1n) is 8.61. The maximum Gasteiger partial charge on any atom is 0.255 e. The first-order chi connectivity index (χ1) is 11.9. The third kappa shape index (κ3) is 3.96. The fourth-order valence-electron chi connectivity index (χ4n) is 2.92. The van der Waals surface area contributed by atoms with Gasteiger partial charge in [0, 0.05) is 31.7 Å². The Balaban J connectivity index is 1.78. The van der Waals surface area contributed by atoms with E-state index in [1.54, 1.807) is 0 Å². The van der Waals surface area contributed by atoms with Crippen molar-refractivity contribution in [3.05, 3.63) is 46.8 Å². The normalized spacial score (nSPS) is 15.3. The van der Waals surface area contributed by atoms with Gasteiger partial charge in [-0.1, -0.05) is 17.7 Å². The van der Waals surface area contributed by atoms with Crippen molar-refractivity contribution >= 4 is 17.5 Å². The van der Waals surface area contributed by atoms with Gasteiger partial charge in [-0.3, -0.25) is 4.79 Å². The van der Waals surface area contributed by atoms with Crippen molar-refractivity contribution in [2.24, 2.45) is 0 Å². The molecule has 2 heterocycles. The number of carbonyl (C=O) groups is 1. The molecule has 1 fully saturated rings. The highest BCUT2D eigenvalue weighted by atomic mass is 16.1. The van der Waals surface area contributed by atoms with Gasteiger partial charge in [0.1, 0.15) is 0 Å². The number of likely N-dealkylation sites (N-methyl/N-ethyl adjacent to an activating group) is 1. The second kappa shape index (κ2) is 7.19. The molecule has 25 heavy (non-hydrogen) atoms. The Bertz CT molecular complexity index is 741. The number of aromatic nitrogens is 2. The molecule has 1 amide bonds. The summed E-state index contributed by atoms with van der Waals surface area (Å²) in [6.45, 7) is 9.69. The Labute approximate surface area is 148 Å². The Morgan fingerprint density at radius 3 is 2.08 bits per heavy atom. The Morgan fingerprint density at radius 2 is 1.52 bits per heavy atom. The molecule has 1 saturated heterocycles. The van der Waals surface area contributed by atoms with Gasteiger partial charge in [0.2, 0.25) is 5.95 Å². The molecule has 0 unspecified atom stereocenters. The molecule has 0 bridgehead atoms. The molecule has 0 spiro atoms. The van der Waals surface area contributed by atoms with E-state index in [2.05, 4.69) is 32.1 Å². The number of nitrogens with zero attached hydrogens (tertiary/aromatic N) is 4. The summed E-state index contributed by atoms with van der Waals surface area (Å²) >= 11 is 0. The lowest BCUT2D eigenvalue weighted by molar-refractivity contribution is 0.102. The number of anilines is 2. The second-order valence-electron chi connectivity index (χ2n) is 6.68. The number of benzene rings is 1. The van der Waals surface area contributed by atoms with Crippen LogP contribution in [-0.2, 0) is 0 Å². The van der Waals surface area contributed by atoms with Gasteiger partial charge in [-0.2, -0.15) is 0 Å². The number of carbonyl (C=O) groups excluding carboxylic acids is 1. The Hall–Kier alpha value is -2.47. The van der Waals surface area contributed by atoms with E-state index >= 15 is 0 Å². The number of amides is 1. The molecule has 1 aromatic heterocycles. The summed E-state index contributed by atoms with van der Waals surface area (Å²) in [7, 11) is 2.12. The first kappa shape index (κ1) is 17.4. The minimum atomic E-state index is -0.137. The zero-order valence-electron chi connectivity index (χ0n) is 15.3. The van der Waals surface area contributed by atoms with Crippen LogP contribution in [0.15, 0.2) is 24.3 Å². The summed E-state index contributed by atoms with van der Waals surface area (Å²) in [5, 5.41) is 2.96. The minimum Gasteiger partial charge on any atom is -0.338 e. The average Bonchev–Trinajstić information content (AvgIpc) is 2.59. The third-order valence-electron chi connectivity index (χ3n) is 4.60. The summed E-state index contributed by atoms with van der Waals surface area (Å²) in [6.07, 6.45) is 0. The minimum absolute atomic E-state index is 0.137. The van der Waals surface area contributed by atoms with Gasteiger partial charge in [-0.15, -0.1) is 0 Å². The van der Waals surface area contributed by atoms with Gasteiger partial charge in [0.15, 0.2) is 0 Å². The van der Waals surface area contributed by atoms with Crippen LogP contribution in [0, 0.1) is 20.8 Å². The zero-order valence-corrected chi connectivity index (χ0v) is 15.3. The van der Waals surface area contributed by atoms with Crippen LogP contribution in [0.5, 0.6) is 0 Å². The van der Waals surface area contributed by atoms with Gasteiger partial charge in [0.05, 0.1) is 17.1 Å². The van der Waals surface area contributed by atoms with E-state index in [0.29, 0.717) is 11.3 Å². The summed E-state index contributed by atoms with van der Waals surface area (Å²) in [4.78, 5) is 26.2. The van der Waals surface area contributed by atoms with Crippen LogP contribution < -0.4 is 10.2 Å². The van der Waals surface area contributed by atoms with Gasteiger partial charge < -0.3 is 15.1 Å². The third-order valence-corrected chi connectivity index (χ3v) is 4.60. The zero-order chi connectivity index (χ0) is 18.0. The Morgan fingerprint density at radius 1 is 0.960 bits per heavy atom. The lowest BCUT2D eigenvalue weighted by Crippen LogP contribution is -2.45. The molecule has 6 heteroatoms. The highest BCUT2D eigenvalue weighted by Gasteiger charge is 2.19. The van der Waals surface area contributed by atoms with Crippen molar-refractivity contribution in [3.63, 3.8) is 0 Å². The monoisotopic (exact) mass is 339 g/mol. The van der Waals surface area contributed by atoms with Crippen molar-refractivity contribution in [1.29, 1.82) is 0 Å².